The lowest BCUT2D eigenvalue weighted by Crippen LogP contribution is -2.37. The van der Waals surface area contributed by atoms with Gasteiger partial charge in [0.15, 0.2) is 5.84 Å². The van der Waals surface area contributed by atoms with Crippen LogP contribution in [0.1, 0.15) is 45.1 Å². The number of hydrogen-bond donors (Lipinski definition) is 0. The Hall–Kier alpha value is -6.95. The van der Waals surface area contributed by atoms with Gasteiger partial charge in [-0.3, -0.25) is 0 Å². The van der Waals surface area contributed by atoms with Crippen LogP contribution in [0.4, 0.5) is 0 Å². The molecule has 58 heavy (non-hydrogen) atoms. The van der Waals surface area contributed by atoms with Crippen LogP contribution in [0.3, 0.4) is 0 Å². The highest BCUT2D eigenvalue weighted by Gasteiger charge is 2.49. The maximum absolute atomic E-state index is 5.27. The number of amidine groups is 2. The summed E-state index contributed by atoms with van der Waals surface area (Å²) in [5.74, 6) is 1.63. The SMILES string of the molecule is CN1C(c2cccc(-c3cccc4c3Sc3ccccc3C43c4ccccc4-n4c5ccccc5c5cccc3c54)c2)=NC(c2ccccc2)=NC1c1ccccc1. The van der Waals surface area contributed by atoms with E-state index in [1.807, 2.05) is 17.8 Å². The Morgan fingerprint density at radius 1 is 0.534 bits per heavy atom. The topological polar surface area (TPSA) is 32.9 Å². The molecule has 3 aliphatic rings. The maximum atomic E-state index is 5.27. The second-order valence-electron chi connectivity index (χ2n) is 15.3. The lowest BCUT2D eigenvalue weighted by atomic mass is 9.62. The van der Waals surface area contributed by atoms with Gasteiger partial charge in [-0.1, -0.05) is 182 Å². The number of hydrogen-bond acceptors (Lipinski definition) is 4. The molecule has 3 aliphatic heterocycles. The fourth-order valence-corrected chi connectivity index (χ4v) is 11.2. The zero-order chi connectivity index (χ0) is 38.4. The number of nitrogens with zero attached hydrogens (tertiary/aromatic N) is 4. The molecule has 0 bridgehead atoms. The Morgan fingerprint density at radius 2 is 1.17 bits per heavy atom. The summed E-state index contributed by atoms with van der Waals surface area (Å²) in [5.41, 5.74) is 14.0. The molecule has 274 valence electrons. The summed E-state index contributed by atoms with van der Waals surface area (Å²) in [4.78, 5) is 15.2. The van der Waals surface area contributed by atoms with Crippen LogP contribution in [0.15, 0.2) is 214 Å². The van der Waals surface area contributed by atoms with Gasteiger partial charge in [-0.2, -0.15) is 0 Å². The zero-order valence-corrected chi connectivity index (χ0v) is 32.6. The lowest BCUT2D eigenvalue weighted by molar-refractivity contribution is 0.383. The number of fused-ring (bicyclic) bond motifs is 11. The van der Waals surface area contributed by atoms with Crippen LogP contribution >= 0.6 is 11.8 Å². The highest BCUT2D eigenvalue weighted by Crippen LogP contribution is 2.61. The highest BCUT2D eigenvalue weighted by atomic mass is 32.2. The first kappa shape index (κ1) is 33.2. The van der Waals surface area contributed by atoms with Gasteiger partial charge in [0.1, 0.15) is 12.0 Å². The summed E-state index contributed by atoms with van der Waals surface area (Å²) in [6.45, 7) is 0. The van der Waals surface area contributed by atoms with E-state index in [0.717, 1.165) is 33.9 Å². The molecular weight excluding hydrogens is 725 g/mol. The van der Waals surface area contributed by atoms with Crippen molar-refractivity contribution < 1.29 is 0 Å². The van der Waals surface area contributed by atoms with Crippen LogP contribution in [0.25, 0.3) is 38.6 Å². The molecule has 0 amide bonds. The normalized spacial score (nSPS) is 17.7. The summed E-state index contributed by atoms with van der Waals surface area (Å²) in [5, 5.41) is 2.56. The van der Waals surface area contributed by atoms with E-state index in [0.29, 0.717) is 0 Å². The maximum Gasteiger partial charge on any atom is 0.159 e. The van der Waals surface area contributed by atoms with E-state index >= 15 is 0 Å². The van der Waals surface area contributed by atoms with Gasteiger partial charge in [0.2, 0.25) is 0 Å². The minimum absolute atomic E-state index is 0.214. The van der Waals surface area contributed by atoms with Crippen LogP contribution in [0.2, 0.25) is 0 Å². The molecule has 4 heterocycles. The fourth-order valence-electron chi connectivity index (χ4n) is 9.84. The van der Waals surface area contributed by atoms with Crippen molar-refractivity contribution in [3.05, 3.63) is 233 Å². The molecule has 0 aliphatic carbocycles. The smallest absolute Gasteiger partial charge is 0.159 e. The molecule has 4 nitrogen and oxygen atoms in total. The standard InChI is InChI=1S/C53H36N4S/c1-56-51(35-19-6-3-7-20-35)54-50(34-17-4-2-5-18-34)55-52(56)37-22-14-21-36(33-37)38-24-15-29-44-49(38)58-47-32-13-10-27-42(47)53(44)41-26-9-12-31-46(41)57-45-30-11-8-23-39(45)40-25-16-28-43(53)48(40)57/h2-33,51H,1H3. The van der Waals surface area contributed by atoms with Crippen LogP contribution in [0, 0.1) is 0 Å². The lowest BCUT2D eigenvalue weighted by Gasteiger charge is -2.45. The van der Waals surface area contributed by atoms with Crippen molar-refractivity contribution in [2.24, 2.45) is 9.98 Å². The van der Waals surface area contributed by atoms with Gasteiger partial charge in [0, 0.05) is 38.7 Å². The predicted octanol–water partition coefficient (Wildman–Crippen LogP) is 12.4. The van der Waals surface area contributed by atoms with Crippen LogP contribution in [0.5, 0.6) is 0 Å². The van der Waals surface area contributed by atoms with E-state index in [2.05, 4.69) is 205 Å². The summed E-state index contributed by atoms with van der Waals surface area (Å²) < 4.78 is 2.51. The minimum atomic E-state index is -0.539. The molecule has 0 saturated carbocycles. The third kappa shape index (κ3) is 4.65. The van der Waals surface area contributed by atoms with Crippen molar-refractivity contribution in [2.45, 2.75) is 21.4 Å². The summed E-state index contributed by atoms with van der Waals surface area (Å²) >= 11 is 1.89. The first-order valence-corrected chi connectivity index (χ1v) is 20.7. The molecule has 0 N–H and O–H groups in total. The van der Waals surface area contributed by atoms with Crippen molar-refractivity contribution in [1.82, 2.24) is 9.47 Å². The van der Waals surface area contributed by atoms with E-state index in [-0.39, 0.29) is 6.17 Å². The van der Waals surface area contributed by atoms with Crippen molar-refractivity contribution in [3.63, 3.8) is 0 Å². The van der Waals surface area contributed by atoms with Crippen molar-refractivity contribution >= 4 is 45.2 Å². The molecule has 0 radical (unpaired) electrons. The van der Waals surface area contributed by atoms with Crippen LogP contribution < -0.4 is 0 Å². The summed E-state index contributed by atoms with van der Waals surface area (Å²) in [6.07, 6.45) is -0.214. The minimum Gasteiger partial charge on any atom is -0.333 e. The predicted molar refractivity (Wildman–Crippen MR) is 239 cm³/mol. The van der Waals surface area contributed by atoms with Gasteiger partial charge >= 0.3 is 0 Å². The molecule has 1 spiro atoms. The summed E-state index contributed by atoms with van der Waals surface area (Å²) in [6, 6.07) is 70.7. The molecule has 8 aromatic carbocycles. The fraction of sp³-hybridized carbons (Fsp3) is 0.0566. The average Bonchev–Trinajstić information content (AvgIpc) is 3.63. The van der Waals surface area contributed by atoms with Crippen molar-refractivity contribution in [1.29, 1.82) is 0 Å². The van der Waals surface area contributed by atoms with Gasteiger partial charge < -0.3 is 9.47 Å². The second kappa shape index (κ2) is 12.8. The number of aromatic nitrogens is 1. The van der Waals surface area contributed by atoms with E-state index in [1.54, 1.807) is 0 Å². The summed E-state index contributed by atoms with van der Waals surface area (Å²) in [7, 11) is 2.11. The largest absolute Gasteiger partial charge is 0.333 e. The quantitative estimate of drug-likeness (QED) is 0.179. The molecule has 0 fully saturated rings. The molecule has 2 unspecified atom stereocenters. The second-order valence-corrected chi connectivity index (χ2v) is 16.4. The molecule has 9 aromatic rings. The van der Waals surface area contributed by atoms with E-state index in [9.17, 15) is 0 Å². The van der Waals surface area contributed by atoms with E-state index < -0.39 is 5.41 Å². The van der Waals surface area contributed by atoms with Crippen LogP contribution in [-0.2, 0) is 5.41 Å². The Bertz CT molecular complexity index is 3180. The molecular formula is C53H36N4S. The molecule has 5 heteroatoms. The number of benzene rings is 8. The van der Waals surface area contributed by atoms with Crippen molar-refractivity contribution in [2.75, 3.05) is 7.05 Å². The Kier molecular flexibility index (Phi) is 7.32. The third-order valence-corrected chi connectivity index (χ3v) is 13.5. The number of rotatable bonds is 4. The van der Waals surface area contributed by atoms with Gasteiger partial charge in [-0.05, 0) is 63.2 Å². The molecule has 12 rings (SSSR count). The van der Waals surface area contributed by atoms with Gasteiger partial charge in [-0.15, -0.1) is 0 Å². The third-order valence-electron chi connectivity index (χ3n) is 12.3. The van der Waals surface area contributed by atoms with Crippen LogP contribution in [-0.4, -0.2) is 28.2 Å². The monoisotopic (exact) mass is 760 g/mol. The van der Waals surface area contributed by atoms with Gasteiger partial charge in [0.05, 0.1) is 22.1 Å². The van der Waals surface area contributed by atoms with Gasteiger partial charge in [-0.25, -0.2) is 9.98 Å². The first-order chi connectivity index (χ1) is 28.7. The molecule has 0 saturated heterocycles. The average molecular weight is 761 g/mol. The number of para-hydroxylation sites is 3. The first-order valence-electron chi connectivity index (χ1n) is 19.8. The van der Waals surface area contributed by atoms with Crippen molar-refractivity contribution in [3.8, 4) is 16.8 Å². The Balaban J connectivity index is 1.08. The highest BCUT2D eigenvalue weighted by molar-refractivity contribution is 7.99. The Labute approximate surface area is 341 Å². The zero-order valence-electron chi connectivity index (χ0n) is 31.7. The van der Waals surface area contributed by atoms with E-state index in [1.165, 1.54) is 65.1 Å². The molecule has 2 atom stereocenters. The molecule has 1 aromatic heterocycles. The van der Waals surface area contributed by atoms with E-state index in [4.69, 9.17) is 9.98 Å². The Morgan fingerprint density at radius 3 is 2.05 bits per heavy atom. The number of aliphatic imine (C=N–C) groups is 2. The van der Waals surface area contributed by atoms with Gasteiger partial charge in [0.25, 0.3) is 0 Å².